The second-order valence-electron chi connectivity index (χ2n) is 6.63. The molecule has 0 aliphatic rings. The van der Waals surface area contributed by atoms with E-state index in [1.54, 1.807) is 6.08 Å². The van der Waals surface area contributed by atoms with E-state index in [9.17, 15) is 10.1 Å². The predicted molar refractivity (Wildman–Crippen MR) is 110 cm³/mol. The molecule has 3 rings (SSSR count). The van der Waals surface area contributed by atoms with Crippen LogP contribution >= 0.6 is 0 Å². The van der Waals surface area contributed by atoms with Crippen LogP contribution in [0.4, 0.5) is 5.69 Å². The Bertz CT molecular complexity index is 1160. The predicted octanol–water partition coefficient (Wildman–Crippen LogP) is 4.72. The number of hydrogen-bond acceptors (Lipinski definition) is 3. The van der Waals surface area contributed by atoms with Gasteiger partial charge in [0.05, 0.1) is 12.5 Å². The van der Waals surface area contributed by atoms with E-state index < -0.39 is 5.91 Å². The Morgan fingerprint density at radius 3 is 2.64 bits per heavy atom. The third-order valence-electron chi connectivity index (χ3n) is 4.71. The topological polar surface area (TPSA) is 81.6 Å². The van der Waals surface area contributed by atoms with Gasteiger partial charge in [0.1, 0.15) is 11.6 Å². The fraction of sp³-hybridized carbons (Fsp3) is 0.174. The van der Waals surface area contributed by atoms with Crippen molar-refractivity contribution in [3.63, 3.8) is 0 Å². The Hall–Kier alpha value is -3.83. The number of rotatable bonds is 5. The molecule has 0 radical (unpaired) electrons. The average molecular weight is 368 g/mol. The third kappa shape index (κ3) is 3.95. The molecule has 3 aromatic rings. The molecule has 0 bridgehead atoms. The minimum atomic E-state index is -0.445. The van der Waals surface area contributed by atoms with Gasteiger partial charge in [-0.2, -0.15) is 10.5 Å². The zero-order chi connectivity index (χ0) is 20.1. The summed E-state index contributed by atoms with van der Waals surface area (Å²) < 4.78 is 1.97. The van der Waals surface area contributed by atoms with Crippen LogP contribution in [0.15, 0.2) is 54.2 Å². The molecule has 0 saturated heterocycles. The molecule has 1 aromatic heterocycles. The molecular weight excluding hydrogens is 348 g/mol. The second-order valence-corrected chi connectivity index (χ2v) is 6.63. The van der Waals surface area contributed by atoms with E-state index in [1.807, 2.05) is 73.1 Å². The van der Waals surface area contributed by atoms with Crippen LogP contribution in [-0.4, -0.2) is 10.5 Å². The van der Waals surface area contributed by atoms with Gasteiger partial charge in [0.25, 0.3) is 5.91 Å². The standard InChI is InChI=1S/C23H20N4O/c1-16-8-9-20(12-17(16)2)26-23(28)18(14-25)13-19-15-27(11-5-10-24)22-7-4-3-6-21(19)22/h3-4,6-9,12-13,15H,5,11H2,1-2H3,(H,26,28)/b18-13+. The number of carbonyl (C=O) groups is 1. The number of anilines is 1. The van der Waals surface area contributed by atoms with Gasteiger partial charge in [-0.15, -0.1) is 0 Å². The van der Waals surface area contributed by atoms with Crippen molar-refractivity contribution in [2.45, 2.75) is 26.8 Å². The van der Waals surface area contributed by atoms with Crippen molar-refractivity contribution in [2.24, 2.45) is 0 Å². The summed E-state index contributed by atoms with van der Waals surface area (Å²) in [6, 6.07) is 17.5. The van der Waals surface area contributed by atoms with Gasteiger partial charge < -0.3 is 9.88 Å². The zero-order valence-corrected chi connectivity index (χ0v) is 15.9. The molecule has 28 heavy (non-hydrogen) atoms. The molecule has 0 unspecified atom stereocenters. The van der Waals surface area contributed by atoms with Gasteiger partial charge >= 0.3 is 0 Å². The molecule has 1 N–H and O–H groups in total. The minimum absolute atomic E-state index is 0.0291. The summed E-state index contributed by atoms with van der Waals surface area (Å²) in [7, 11) is 0. The van der Waals surface area contributed by atoms with Crippen LogP contribution in [-0.2, 0) is 11.3 Å². The first-order chi connectivity index (χ1) is 13.5. The Labute approximate surface area is 164 Å². The summed E-state index contributed by atoms with van der Waals surface area (Å²) in [6.07, 6.45) is 3.87. The maximum Gasteiger partial charge on any atom is 0.266 e. The number of nitriles is 2. The van der Waals surface area contributed by atoms with Crippen LogP contribution in [0.2, 0.25) is 0 Å². The molecule has 5 nitrogen and oxygen atoms in total. The van der Waals surface area contributed by atoms with Crippen LogP contribution in [0.5, 0.6) is 0 Å². The number of carbonyl (C=O) groups excluding carboxylic acids is 1. The van der Waals surface area contributed by atoms with E-state index in [0.717, 1.165) is 27.6 Å². The number of para-hydroxylation sites is 1. The highest BCUT2D eigenvalue weighted by Crippen LogP contribution is 2.24. The maximum absolute atomic E-state index is 12.6. The largest absolute Gasteiger partial charge is 0.346 e. The fourth-order valence-corrected chi connectivity index (χ4v) is 3.07. The first-order valence-corrected chi connectivity index (χ1v) is 8.98. The lowest BCUT2D eigenvalue weighted by Gasteiger charge is -2.07. The Kier molecular flexibility index (Phi) is 5.58. The smallest absolute Gasteiger partial charge is 0.266 e. The molecule has 0 saturated carbocycles. The zero-order valence-electron chi connectivity index (χ0n) is 15.9. The van der Waals surface area contributed by atoms with Crippen molar-refractivity contribution < 1.29 is 4.79 Å². The third-order valence-corrected chi connectivity index (χ3v) is 4.71. The SMILES string of the molecule is Cc1ccc(NC(=O)/C(C#N)=C/c2cn(CCC#N)c3ccccc23)cc1C. The van der Waals surface area contributed by atoms with E-state index in [0.29, 0.717) is 18.7 Å². The average Bonchev–Trinajstić information content (AvgIpc) is 3.05. The van der Waals surface area contributed by atoms with Crippen LogP contribution in [0.1, 0.15) is 23.1 Å². The van der Waals surface area contributed by atoms with Crippen molar-refractivity contribution in [1.82, 2.24) is 4.57 Å². The minimum Gasteiger partial charge on any atom is -0.346 e. The van der Waals surface area contributed by atoms with Gasteiger partial charge in [0.2, 0.25) is 0 Å². The molecule has 0 aliphatic carbocycles. The molecule has 2 aromatic carbocycles. The maximum atomic E-state index is 12.6. The van der Waals surface area contributed by atoms with Crippen molar-refractivity contribution in [2.75, 3.05) is 5.32 Å². The summed E-state index contributed by atoms with van der Waals surface area (Å²) in [6.45, 7) is 4.54. The number of benzene rings is 2. The van der Waals surface area contributed by atoms with E-state index in [2.05, 4.69) is 11.4 Å². The number of aryl methyl sites for hydroxylation is 3. The molecule has 0 fully saturated rings. The summed E-state index contributed by atoms with van der Waals surface area (Å²) in [5, 5.41) is 22.1. The van der Waals surface area contributed by atoms with Gasteiger partial charge in [-0.1, -0.05) is 24.3 Å². The first-order valence-electron chi connectivity index (χ1n) is 8.98. The number of aromatic nitrogens is 1. The quantitative estimate of drug-likeness (QED) is 0.523. The van der Waals surface area contributed by atoms with Crippen molar-refractivity contribution in [3.8, 4) is 12.1 Å². The molecule has 1 amide bonds. The Morgan fingerprint density at radius 2 is 1.93 bits per heavy atom. The van der Waals surface area contributed by atoms with Crippen molar-refractivity contribution in [3.05, 3.63) is 70.9 Å². The summed E-state index contributed by atoms with van der Waals surface area (Å²) in [4.78, 5) is 12.6. The summed E-state index contributed by atoms with van der Waals surface area (Å²) in [5.41, 5.74) is 4.64. The van der Waals surface area contributed by atoms with Crippen molar-refractivity contribution >= 4 is 28.6 Å². The number of fused-ring (bicyclic) bond motifs is 1. The van der Waals surface area contributed by atoms with Gasteiger partial charge in [-0.05, 0) is 49.2 Å². The Balaban J connectivity index is 1.94. The first kappa shape index (κ1) is 18.9. The second kappa shape index (κ2) is 8.24. The molecule has 1 heterocycles. The normalized spacial score (nSPS) is 11.1. The van der Waals surface area contributed by atoms with Crippen LogP contribution < -0.4 is 5.32 Å². The monoisotopic (exact) mass is 368 g/mol. The van der Waals surface area contributed by atoms with Gasteiger partial charge in [-0.25, -0.2) is 0 Å². The number of nitrogens with one attached hydrogen (secondary N) is 1. The van der Waals surface area contributed by atoms with Crippen LogP contribution in [0.25, 0.3) is 17.0 Å². The molecule has 138 valence electrons. The molecule has 5 heteroatoms. The van der Waals surface area contributed by atoms with Crippen LogP contribution in [0.3, 0.4) is 0 Å². The van der Waals surface area contributed by atoms with Gasteiger partial charge in [0.15, 0.2) is 0 Å². The number of nitrogens with zero attached hydrogens (tertiary/aromatic N) is 3. The molecule has 0 atom stereocenters. The number of amides is 1. The highest BCUT2D eigenvalue weighted by atomic mass is 16.1. The molecule has 0 spiro atoms. The highest BCUT2D eigenvalue weighted by Gasteiger charge is 2.13. The van der Waals surface area contributed by atoms with E-state index in [1.165, 1.54) is 0 Å². The molecule has 0 aliphatic heterocycles. The lowest BCUT2D eigenvalue weighted by atomic mass is 10.1. The van der Waals surface area contributed by atoms with E-state index in [4.69, 9.17) is 5.26 Å². The summed E-state index contributed by atoms with van der Waals surface area (Å²) in [5.74, 6) is -0.445. The van der Waals surface area contributed by atoms with E-state index >= 15 is 0 Å². The lowest BCUT2D eigenvalue weighted by Crippen LogP contribution is -2.13. The van der Waals surface area contributed by atoms with Gasteiger partial charge in [0, 0.05) is 34.9 Å². The number of hydrogen-bond donors (Lipinski definition) is 1. The summed E-state index contributed by atoms with van der Waals surface area (Å²) >= 11 is 0. The lowest BCUT2D eigenvalue weighted by molar-refractivity contribution is -0.112. The van der Waals surface area contributed by atoms with Crippen LogP contribution in [0, 0.1) is 36.5 Å². The highest BCUT2D eigenvalue weighted by molar-refractivity contribution is 6.10. The van der Waals surface area contributed by atoms with Crippen molar-refractivity contribution in [1.29, 1.82) is 10.5 Å². The van der Waals surface area contributed by atoms with E-state index in [-0.39, 0.29) is 5.57 Å². The fourth-order valence-electron chi connectivity index (χ4n) is 3.07. The molecular formula is C23H20N4O. The van der Waals surface area contributed by atoms with Gasteiger partial charge in [-0.3, -0.25) is 4.79 Å². The Morgan fingerprint density at radius 1 is 1.14 bits per heavy atom.